The Balaban J connectivity index is 2.03. The Hall–Kier alpha value is -2.17. The van der Waals surface area contributed by atoms with Gasteiger partial charge in [-0.25, -0.2) is 0 Å². The third kappa shape index (κ3) is 3.66. The quantitative estimate of drug-likeness (QED) is 0.900. The highest BCUT2D eigenvalue weighted by Gasteiger charge is 2.30. The van der Waals surface area contributed by atoms with E-state index in [2.05, 4.69) is 5.32 Å². The molecule has 20 heavy (non-hydrogen) atoms. The molecule has 0 aliphatic heterocycles. The third-order valence-electron chi connectivity index (χ3n) is 2.84. The summed E-state index contributed by atoms with van der Waals surface area (Å²) in [6.45, 7) is 0.330. The molecule has 0 aliphatic rings. The summed E-state index contributed by atoms with van der Waals surface area (Å²) in [7, 11) is 1.57. The number of halogens is 3. The van der Waals surface area contributed by atoms with Gasteiger partial charge in [0.1, 0.15) is 5.75 Å². The summed E-state index contributed by atoms with van der Waals surface area (Å²) in [4.78, 5) is 0. The fourth-order valence-corrected chi connectivity index (χ4v) is 1.77. The van der Waals surface area contributed by atoms with Crippen LogP contribution in [0.4, 0.5) is 18.9 Å². The molecule has 0 aromatic heterocycles. The molecule has 0 heterocycles. The van der Waals surface area contributed by atoms with Crippen LogP contribution in [0, 0.1) is 0 Å². The van der Waals surface area contributed by atoms with Gasteiger partial charge < -0.3 is 10.1 Å². The summed E-state index contributed by atoms with van der Waals surface area (Å²) < 4.78 is 42.8. The summed E-state index contributed by atoms with van der Waals surface area (Å²) in [5.74, 6) is 0.731. The Labute approximate surface area is 115 Å². The molecule has 0 spiro atoms. The Bertz CT molecular complexity index is 564. The van der Waals surface area contributed by atoms with Gasteiger partial charge in [-0.15, -0.1) is 0 Å². The minimum atomic E-state index is -4.31. The summed E-state index contributed by atoms with van der Waals surface area (Å²) in [5, 5.41) is 3.07. The van der Waals surface area contributed by atoms with E-state index in [1.54, 1.807) is 25.3 Å². The van der Waals surface area contributed by atoms with Crippen LogP contribution in [-0.4, -0.2) is 7.11 Å². The standard InChI is InChI=1S/C15H14F3NO/c1-20-14-7-5-13(6-8-14)19-10-11-3-2-4-12(9-11)15(16,17)18/h2-9,19H,10H2,1H3. The van der Waals surface area contributed by atoms with E-state index in [1.165, 1.54) is 6.07 Å². The number of alkyl halides is 3. The van der Waals surface area contributed by atoms with Gasteiger partial charge in [-0.3, -0.25) is 0 Å². The maximum Gasteiger partial charge on any atom is 0.416 e. The molecule has 0 aliphatic carbocycles. The number of methoxy groups -OCH3 is 1. The highest BCUT2D eigenvalue weighted by Crippen LogP contribution is 2.29. The maximum atomic E-state index is 12.6. The van der Waals surface area contributed by atoms with Crippen molar-refractivity contribution in [3.8, 4) is 5.75 Å². The van der Waals surface area contributed by atoms with Crippen molar-refractivity contribution in [2.75, 3.05) is 12.4 Å². The lowest BCUT2D eigenvalue weighted by Crippen LogP contribution is -2.06. The van der Waals surface area contributed by atoms with Crippen LogP contribution in [0.3, 0.4) is 0 Å². The van der Waals surface area contributed by atoms with Crippen LogP contribution in [0.15, 0.2) is 48.5 Å². The van der Waals surface area contributed by atoms with Crippen molar-refractivity contribution >= 4 is 5.69 Å². The van der Waals surface area contributed by atoms with E-state index in [0.29, 0.717) is 12.1 Å². The van der Waals surface area contributed by atoms with Gasteiger partial charge in [0.25, 0.3) is 0 Å². The fourth-order valence-electron chi connectivity index (χ4n) is 1.77. The topological polar surface area (TPSA) is 21.3 Å². The molecule has 1 N–H and O–H groups in total. The van der Waals surface area contributed by atoms with E-state index in [1.807, 2.05) is 12.1 Å². The molecule has 2 rings (SSSR count). The molecule has 0 saturated heterocycles. The fraction of sp³-hybridized carbons (Fsp3) is 0.200. The first-order valence-corrected chi connectivity index (χ1v) is 6.03. The van der Waals surface area contributed by atoms with Gasteiger partial charge in [0.2, 0.25) is 0 Å². The van der Waals surface area contributed by atoms with E-state index >= 15 is 0 Å². The molecule has 0 amide bonds. The first-order valence-electron chi connectivity index (χ1n) is 6.03. The minimum Gasteiger partial charge on any atom is -0.497 e. The Morgan fingerprint density at radius 3 is 2.35 bits per heavy atom. The van der Waals surface area contributed by atoms with Crippen molar-refractivity contribution in [1.82, 2.24) is 0 Å². The van der Waals surface area contributed by atoms with E-state index in [4.69, 9.17) is 4.74 Å². The number of hydrogen-bond acceptors (Lipinski definition) is 2. The van der Waals surface area contributed by atoms with Gasteiger partial charge in [-0.2, -0.15) is 13.2 Å². The van der Waals surface area contributed by atoms with Gasteiger partial charge in [-0.1, -0.05) is 12.1 Å². The molecule has 0 bridgehead atoms. The molecule has 0 atom stereocenters. The van der Waals surface area contributed by atoms with Crippen molar-refractivity contribution in [3.05, 3.63) is 59.7 Å². The highest BCUT2D eigenvalue weighted by molar-refractivity contribution is 5.47. The number of nitrogens with one attached hydrogen (secondary N) is 1. The Kier molecular flexibility index (Phi) is 4.17. The first-order chi connectivity index (χ1) is 9.49. The molecule has 5 heteroatoms. The van der Waals surface area contributed by atoms with Crippen molar-refractivity contribution in [1.29, 1.82) is 0 Å². The SMILES string of the molecule is COc1ccc(NCc2cccc(C(F)(F)F)c2)cc1. The van der Waals surface area contributed by atoms with Crippen molar-refractivity contribution in [2.24, 2.45) is 0 Å². The number of anilines is 1. The van der Waals surface area contributed by atoms with Gasteiger partial charge in [-0.05, 0) is 42.0 Å². The molecule has 106 valence electrons. The lowest BCUT2D eigenvalue weighted by molar-refractivity contribution is -0.137. The van der Waals surface area contributed by atoms with Crippen LogP contribution in [0.2, 0.25) is 0 Å². The lowest BCUT2D eigenvalue weighted by atomic mass is 10.1. The molecular formula is C15H14F3NO. The number of benzene rings is 2. The number of hydrogen-bond donors (Lipinski definition) is 1. The molecule has 2 nitrogen and oxygen atoms in total. The molecule has 0 radical (unpaired) electrons. The maximum absolute atomic E-state index is 12.6. The monoisotopic (exact) mass is 281 g/mol. The molecule has 0 fully saturated rings. The van der Waals surface area contributed by atoms with Crippen LogP contribution < -0.4 is 10.1 Å². The largest absolute Gasteiger partial charge is 0.497 e. The van der Waals surface area contributed by atoms with Crippen LogP contribution in [-0.2, 0) is 12.7 Å². The zero-order valence-corrected chi connectivity index (χ0v) is 10.9. The van der Waals surface area contributed by atoms with Crippen LogP contribution in [0.25, 0.3) is 0 Å². The molecule has 0 saturated carbocycles. The van der Waals surface area contributed by atoms with Crippen LogP contribution in [0.1, 0.15) is 11.1 Å². The summed E-state index contributed by atoms with van der Waals surface area (Å²) in [5.41, 5.74) is 0.769. The second-order valence-electron chi connectivity index (χ2n) is 4.28. The average Bonchev–Trinajstić information content (AvgIpc) is 2.45. The van der Waals surface area contributed by atoms with Crippen molar-refractivity contribution in [2.45, 2.75) is 12.7 Å². The normalized spacial score (nSPS) is 11.2. The summed E-state index contributed by atoms with van der Waals surface area (Å²) in [6, 6.07) is 12.5. The highest BCUT2D eigenvalue weighted by atomic mass is 19.4. The smallest absolute Gasteiger partial charge is 0.416 e. The van der Waals surface area contributed by atoms with E-state index in [9.17, 15) is 13.2 Å². The molecule has 0 unspecified atom stereocenters. The van der Waals surface area contributed by atoms with Crippen LogP contribution >= 0.6 is 0 Å². The summed E-state index contributed by atoms with van der Waals surface area (Å²) in [6.07, 6.45) is -4.31. The number of ether oxygens (including phenoxy) is 1. The van der Waals surface area contributed by atoms with Crippen molar-refractivity contribution < 1.29 is 17.9 Å². The molecular weight excluding hydrogens is 267 g/mol. The minimum absolute atomic E-state index is 0.330. The van der Waals surface area contributed by atoms with Crippen LogP contribution in [0.5, 0.6) is 5.75 Å². The van der Waals surface area contributed by atoms with Gasteiger partial charge >= 0.3 is 6.18 Å². The average molecular weight is 281 g/mol. The second kappa shape index (κ2) is 5.86. The third-order valence-corrected chi connectivity index (χ3v) is 2.84. The first kappa shape index (κ1) is 14.2. The van der Waals surface area contributed by atoms with E-state index in [-0.39, 0.29) is 0 Å². The predicted molar refractivity (Wildman–Crippen MR) is 71.8 cm³/mol. The Morgan fingerprint density at radius 1 is 1.05 bits per heavy atom. The molecule has 2 aromatic rings. The Morgan fingerprint density at radius 2 is 1.75 bits per heavy atom. The second-order valence-corrected chi connectivity index (χ2v) is 4.28. The van der Waals surface area contributed by atoms with E-state index in [0.717, 1.165) is 23.6 Å². The van der Waals surface area contributed by atoms with Crippen molar-refractivity contribution in [3.63, 3.8) is 0 Å². The van der Waals surface area contributed by atoms with E-state index < -0.39 is 11.7 Å². The van der Waals surface area contributed by atoms with Gasteiger partial charge in [0.15, 0.2) is 0 Å². The van der Waals surface area contributed by atoms with Gasteiger partial charge in [0.05, 0.1) is 12.7 Å². The lowest BCUT2D eigenvalue weighted by Gasteiger charge is -2.10. The van der Waals surface area contributed by atoms with Gasteiger partial charge in [0, 0.05) is 12.2 Å². The zero-order valence-electron chi connectivity index (χ0n) is 10.9. The zero-order chi connectivity index (χ0) is 14.6. The summed E-state index contributed by atoms with van der Waals surface area (Å²) >= 11 is 0. The predicted octanol–water partition coefficient (Wildman–Crippen LogP) is 4.33. The number of rotatable bonds is 4. The molecule has 2 aromatic carbocycles.